The lowest BCUT2D eigenvalue weighted by Crippen LogP contribution is -2.53. The predicted molar refractivity (Wildman–Crippen MR) is 128 cm³/mol. The normalized spacial score (nSPS) is 19.1. The third-order valence-electron chi connectivity index (χ3n) is 6.85. The number of hydrogen-bond acceptors (Lipinski definition) is 7. The molecule has 2 aliphatic heterocycles. The van der Waals surface area contributed by atoms with Gasteiger partial charge in [-0.2, -0.15) is 13.2 Å². The van der Waals surface area contributed by atoms with Gasteiger partial charge in [-0.25, -0.2) is 0 Å². The third kappa shape index (κ3) is 5.19. The summed E-state index contributed by atoms with van der Waals surface area (Å²) in [6.45, 7) is 1.09. The molecule has 5 rings (SSSR count). The molecule has 2 aliphatic rings. The highest BCUT2D eigenvalue weighted by atomic mass is 19.4. The van der Waals surface area contributed by atoms with Crippen molar-refractivity contribution in [2.45, 2.75) is 43.7 Å². The molecule has 3 aromatic rings. The number of hydrogen-bond donors (Lipinski definition) is 1. The summed E-state index contributed by atoms with van der Waals surface area (Å²) >= 11 is 0. The minimum absolute atomic E-state index is 0.130. The average molecular weight is 518 g/mol. The van der Waals surface area contributed by atoms with E-state index in [1.54, 1.807) is 4.57 Å². The van der Waals surface area contributed by atoms with E-state index in [0.29, 0.717) is 18.7 Å². The van der Waals surface area contributed by atoms with Gasteiger partial charge >= 0.3 is 18.0 Å². The highest BCUT2D eigenvalue weighted by molar-refractivity contribution is 5.67. The second kappa shape index (κ2) is 9.58. The Morgan fingerprint density at radius 2 is 1.70 bits per heavy atom. The standard InChI is InChI=1S/C25H25F3N4O5/c26-25(27,28)24(33)10-13-30(14-11-24)19-5-1-17(2-6-19)18-3-7-20(8-4-18)36-16-21-9-12-31-15-22(32(34)35)29-23(31)37-21/h1-8,15,21,33H,9-14,16H2/t21-/m1/s1. The summed E-state index contributed by atoms with van der Waals surface area (Å²) in [6, 6.07) is 15.3. The van der Waals surface area contributed by atoms with Crippen molar-refractivity contribution in [2.24, 2.45) is 0 Å². The quantitative estimate of drug-likeness (QED) is 0.376. The van der Waals surface area contributed by atoms with Crippen molar-refractivity contribution in [3.8, 4) is 22.9 Å². The molecule has 0 unspecified atom stereocenters. The number of imidazole rings is 1. The number of ether oxygens (including phenoxy) is 2. The largest absolute Gasteiger partial charge is 0.490 e. The molecule has 0 aliphatic carbocycles. The van der Waals surface area contributed by atoms with Gasteiger partial charge < -0.3 is 29.6 Å². The lowest BCUT2D eigenvalue weighted by Gasteiger charge is -2.40. The first-order chi connectivity index (χ1) is 17.6. The molecule has 37 heavy (non-hydrogen) atoms. The van der Waals surface area contributed by atoms with Gasteiger partial charge in [-0.3, -0.25) is 4.57 Å². The number of aryl methyl sites for hydroxylation is 1. The number of nitro groups is 1. The SMILES string of the molecule is O=[N+]([O-])c1cn2c(n1)O[C@@H](COc1ccc(-c3ccc(N4CCC(O)(C(F)(F)F)CC4)cc3)cc1)CC2. The summed E-state index contributed by atoms with van der Waals surface area (Å²) in [5, 5.41) is 20.7. The molecular weight excluding hydrogens is 493 g/mol. The molecule has 3 heterocycles. The van der Waals surface area contributed by atoms with Gasteiger partial charge in [-0.1, -0.05) is 24.3 Å². The Morgan fingerprint density at radius 3 is 2.30 bits per heavy atom. The number of nitrogens with zero attached hydrogens (tertiary/aromatic N) is 4. The maximum atomic E-state index is 13.0. The van der Waals surface area contributed by atoms with Crippen molar-refractivity contribution in [3.63, 3.8) is 0 Å². The number of halogens is 3. The Bertz CT molecular complexity index is 1250. The molecule has 196 valence electrons. The number of benzene rings is 2. The Morgan fingerprint density at radius 1 is 1.08 bits per heavy atom. The van der Waals surface area contributed by atoms with Gasteiger partial charge in [0.2, 0.25) is 0 Å². The van der Waals surface area contributed by atoms with Crippen LogP contribution < -0.4 is 14.4 Å². The van der Waals surface area contributed by atoms with Gasteiger partial charge in [0, 0.05) is 49.6 Å². The summed E-state index contributed by atoms with van der Waals surface area (Å²) in [5.74, 6) is 0.402. The number of piperidine rings is 1. The summed E-state index contributed by atoms with van der Waals surface area (Å²) in [4.78, 5) is 16.1. The first-order valence-electron chi connectivity index (χ1n) is 11.9. The molecule has 12 heteroatoms. The molecule has 0 saturated carbocycles. The van der Waals surface area contributed by atoms with Crippen LogP contribution in [0.1, 0.15) is 19.3 Å². The smallest absolute Gasteiger partial charge is 0.417 e. The third-order valence-corrected chi connectivity index (χ3v) is 6.85. The molecule has 0 amide bonds. The van der Waals surface area contributed by atoms with E-state index in [4.69, 9.17) is 9.47 Å². The van der Waals surface area contributed by atoms with Gasteiger partial charge in [-0.05, 0) is 40.3 Å². The van der Waals surface area contributed by atoms with Crippen LogP contribution in [0.4, 0.5) is 24.7 Å². The molecule has 1 N–H and O–H groups in total. The Labute approximate surface area is 210 Å². The van der Waals surface area contributed by atoms with E-state index >= 15 is 0 Å². The number of alkyl halides is 3. The van der Waals surface area contributed by atoms with Crippen LogP contribution in [0, 0.1) is 10.1 Å². The molecule has 1 atom stereocenters. The van der Waals surface area contributed by atoms with Crippen LogP contribution in [0.25, 0.3) is 11.1 Å². The van der Waals surface area contributed by atoms with Crippen LogP contribution in [0.3, 0.4) is 0 Å². The Hall–Kier alpha value is -3.80. The van der Waals surface area contributed by atoms with Gasteiger partial charge in [0.05, 0.1) is 0 Å². The van der Waals surface area contributed by atoms with Gasteiger partial charge in [0.25, 0.3) is 0 Å². The Kier molecular flexibility index (Phi) is 6.44. The van der Waals surface area contributed by atoms with E-state index in [-0.39, 0.29) is 50.5 Å². The monoisotopic (exact) mass is 518 g/mol. The van der Waals surface area contributed by atoms with E-state index in [9.17, 15) is 28.4 Å². The zero-order valence-corrected chi connectivity index (χ0v) is 19.7. The summed E-state index contributed by atoms with van der Waals surface area (Å²) < 4.78 is 52.3. The van der Waals surface area contributed by atoms with E-state index in [0.717, 1.165) is 16.8 Å². The van der Waals surface area contributed by atoms with Gasteiger partial charge in [-0.15, -0.1) is 0 Å². The fourth-order valence-electron chi connectivity index (χ4n) is 4.55. The lowest BCUT2D eigenvalue weighted by atomic mass is 9.90. The van der Waals surface area contributed by atoms with Crippen LogP contribution in [0.5, 0.6) is 11.8 Å². The summed E-state index contributed by atoms with van der Waals surface area (Å²) in [6.07, 6.45) is -3.60. The van der Waals surface area contributed by atoms with E-state index in [2.05, 4.69) is 4.98 Å². The Balaban J connectivity index is 1.14. The topological polar surface area (TPSA) is 103 Å². The highest BCUT2D eigenvalue weighted by Crippen LogP contribution is 2.39. The van der Waals surface area contributed by atoms with Crippen LogP contribution in [-0.4, -0.2) is 57.2 Å². The lowest BCUT2D eigenvalue weighted by molar-refractivity contribution is -0.389. The molecule has 0 bridgehead atoms. The van der Waals surface area contributed by atoms with Crippen LogP contribution in [0.2, 0.25) is 0 Å². The summed E-state index contributed by atoms with van der Waals surface area (Å²) in [5.41, 5.74) is 0.0982. The van der Waals surface area contributed by atoms with E-state index in [1.807, 2.05) is 53.4 Å². The van der Waals surface area contributed by atoms with Gasteiger partial charge in [0.1, 0.15) is 24.7 Å². The molecule has 1 aromatic heterocycles. The van der Waals surface area contributed by atoms with Gasteiger partial charge in [0.15, 0.2) is 5.60 Å². The summed E-state index contributed by atoms with van der Waals surface area (Å²) in [7, 11) is 0. The average Bonchev–Trinajstić information content (AvgIpc) is 3.32. The maximum absolute atomic E-state index is 13.0. The van der Waals surface area contributed by atoms with Crippen molar-refractivity contribution in [1.82, 2.24) is 9.55 Å². The van der Waals surface area contributed by atoms with E-state index in [1.165, 1.54) is 6.20 Å². The zero-order chi connectivity index (χ0) is 26.2. The van der Waals surface area contributed by atoms with Crippen LogP contribution in [0.15, 0.2) is 54.7 Å². The number of fused-ring (bicyclic) bond motifs is 1. The fourth-order valence-corrected chi connectivity index (χ4v) is 4.55. The molecule has 9 nitrogen and oxygen atoms in total. The fraction of sp³-hybridized carbons (Fsp3) is 0.400. The van der Waals surface area contributed by atoms with Crippen molar-refractivity contribution in [1.29, 1.82) is 0 Å². The van der Waals surface area contributed by atoms with Crippen molar-refractivity contribution >= 4 is 11.5 Å². The number of rotatable bonds is 6. The van der Waals surface area contributed by atoms with Crippen molar-refractivity contribution in [3.05, 3.63) is 64.8 Å². The number of aromatic nitrogens is 2. The van der Waals surface area contributed by atoms with Crippen molar-refractivity contribution < 1.29 is 32.7 Å². The molecule has 2 aromatic carbocycles. The second-order valence-corrected chi connectivity index (χ2v) is 9.26. The second-order valence-electron chi connectivity index (χ2n) is 9.26. The predicted octanol–water partition coefficient (Wildman–Crippen LogP) is 4.58. The number of anilines is 1. The van der Waals surface area contributed by atoms with Crippen LogP contribution >= 0.6 is 0 Å². The first-order valence-corrected chi connectivity index (χ1v) is 11.9. The molecular formula is C25H25F3N4O5. The first kappa shape index (κ1) is 24.9. The molecule has 0 spiro atoms. The molecule has 1 saturated heterocycles. The van der Waals surface area contributed by atoms with Crippen molar-refractivity contribution in [2.75, 3.05) is 24.6 Å². The highest BCUT2D eigenvalue weighted by Gasteiger charge is 2.54. The zero-order valence-electron chi connectivity index (χ0n) is 19.7. The molecule has 0 radical (unpaired) electrons. The minimum Gasteiger partial charge on any atom is -0.490 e. The van der Waals surface area contributed by atoms with E-state index < -0.39 is 16.7 Å². The minimum atomic E-state index is -4.62. The number of aliphatic hydroxyl groups is 1. The molecule has 1 fully saturated rings. The van der Waals surface area contributed by atoms with Crippen LogP contribution in [-0.2, 0) is 6.54 Å². The maximum Gasteiger partial charge on any atom is 0.417 e.